The third-order valence-electron chi connectivity index (χ3n) is 11.9. The fraction of sp³-hybridized carbons (Fsp3) is 0.236. The fourth-order valence-electron chi connectivity index (χ4n) is 8.45. The van der Waals surface area contributed by atoms with Crippen molar-refractivity contribution in [3.63, 3.8) is 0 Å². The van der Waals surface area contributed by atoms with Crippen LogP contribution in [0.3, 0.4) is 0 Å². The van der Waals surface area contributed by atoms with E-state index in [1.807, 2.05) is 36.4 Å². The summed E-state index contributed by atoms with van der Waals surface area (Å²) >= 11 is 0. The third-order valence-corrected chi connectivity index (χ3v) is 11.9. The molecule has 0 saturated carbocycles. The van der Waals surface area contributed by atoms with Gasteiger partial charge in [0.15, 0.2) is 0 Å². The number of fused-ring (bicyclic) bond motifs is 2. The van der Waals surface area contributed by atoms with E-state index in [4.69, 9.17) is 14.1 Å². The Bertz CT molecular complexity index is 2970. The Morgan fingerprint density at radius 3 is 2.07 bits per heavy atom. The van der Waals surface area contributed by atoms with Crippen molar-refractivity contribution in [1.82, 2.24) is 14.5 Å². The average Bonchev–Trinajstić information content (AvgIpc) is 3.64. The van der Waals surface area contributed by atoms with Gasteiger partial charge in [0.2, 0.25) is 0 Å². The Morgan fingerprint density at radius 2 is 1.35 bits per heavy atom. The molecule has 0 atom stereocenters. The monoisotopic (exact) mass is 968 g/mol. The summed E-state index contributed by atoms with van der Waals surface area (Å²) < 4.78 is 25.7. The Morgan fingerprint density at radius 1 is 0.633 bits per heavy atom. The summed E-state index contributed by atoms with van der Waals surface area (Å²) in [4.78, 5) is 10.4. The number of phenols is 1. The number of aromatic hydroxyl groups is 1. The topological polar surface area (TPSA) is 50.9 Å². The van der Waals surface area contributed by atoms with Gasteiger partial charge in [-0.2, -0.15) is 0 Å². The number of nitrogens with zero attached hydrogens (tertiary/aromatic N) is 3. The third kappa shape index (κ3) is 7.91. The first-order valence-corrected chi connectivity index (χ1v) is 20.8. The first-order chi connectivity index (χ1) is 29.5. The number of para-hydroxylation sites is 1. The van der Waals surface area contributed by atoms with Crippen molar-refractivity contribution in [3.05, 3.63) is 167 Å². The summed E-state index contributed by atoms with van der Waals surface area (Å²) in [6.45, 7) is 11.2. The summed E-state index contributed by atoms with van der Waals surface area (Å²) in [6.07, 6.45) is 5.99. The van der Waals surface area contributed by atoms with E-state index in [1.54, 1.807) is 18.3 Å². The molecule has 0 spiro atoms. The van der Waals surface area contributed by atoms with Crippen LogP contribution in [-0.2, 0) is 44.7 Å². The molecule has 304 valence electrons. The number of hydrogen-bond acceptors (Lipinski definition) is 3. The molecule has 0 saturated heterocycles. The van der Waals surface area contributed by atoms with Crippen LogP contribution >= 0.6 is 0 Å². The van der Waals surface area contributed by atoms with Gasteiger partial charge in [0.1, 0.15) is 11.6 Å². The Hall–Kier alpha value is -5.57. The van der Waals surface area contributed by atoms with Crippen LogP contribution in [-0.4, -0.2) is 19.6 Å². The number of imidazole rings is 1. The second-order valence-corrected chi connectivity index (χ2v) is 18.1. The molecule has 6 aromatic carbocycles. The van der Waals surface area contributed by atoms with Gasteiger partial charge in [-0.15, -0.1) is 29.3 Å². The molecule has 2 aromatic heterocycles. The van der Waals surface area contributed by atoms with Crippen LogP contribution in [0.4, 0.5) is 0 Å². The van der Waals surface area contributed by atoms with Gasteiger partial charge < -0.3 is 5.11 Å². The van der Waals surface area contributed by atoms with E-state index < -0.39 is 6.85 Å². The largest absolute Gasteiger partial charge is 0.507 e. The molecule has 1 aliphatic rings. The fourth-order valence-corrected chi connectivity index (χ4v) is 8.45. The molecule has 0 aliphatic heterocycles. The van der Waals surface area contributed by atoms with Gasteiger partial charge in [-0.1, -0.05) is 137 Å². The van der Waals surface area contributed by atoms with Crippen molar-refractivity contribution in [2.24, 2.45) is 0 Å². The van der Waals surface area contributed by atoms with E-state index in [-0.39, 0.29) is 37.6 Å². The summed E-state index contributed by atoms with van der Waals surface area (Å²) in [7, 11) is 0. The van der Waals surface area contributed by atoms with Crippen LogP contribution in [0, 0.1) is 12.9 Å². The first-order valence-electron chi connectivity index (χ1n) is 22.3. The van der Waals surface area contributed by atoms with Gasteiger partial charge in [-0.3, -0.25) is 9.55 Å². The van der Waals surface area contributed by atoms with Gasteiger partial charge in [0, 0.05) is 42.6 Å². The van der Waals surface area contributed by atoms with Crippen molar-refractivity contribution in [1.29, 1.82) is 0 Å². The van der Waals surface area contributed by atoms with Crippen molar-refractivity contribution < 1.29 is 30.3 Å². The van der Waals surface area contributed by atoms with Gasteiger partial charge in [-0.05, 0) is 113 Å². The van der Waals surface area contributed by atoms with E-state index in [2.05, 4.69) is 131 Å². The Labute approximate surface area is 373 Å². The maximum absolute atomic E-state index is 11.9. The molecular formula is C55H52N3OPt-. The molecule has 1 aliphatic carbocycles. The van der Waals surface area contributed by atoms with Crippen LogP contribution in [0.2, 0.25) is 0 Å². The van der Waals surface area contributed by atoms with Crippen molar-refractivity contribution in [2.75, 3.05) is 0 Å². The SMILES string of the molecule is [2H]C([2H])([2H])c1ccc(-c2ccnc(-c3[c-]c(-c4cccc5c4nc(-c4cc6c(cc4O)CCCC6)n5-c4ccc(C(C)(C)C)cc4-c4ccccc4)cc(C(C)(C)C)c3)c2)cc1.[Pt]. The molecular weight excluding hydrogens is 914 g/mol. The second kappa shape index (κ2) is 16.1. The number of pyridine rings is 1. The number of rotatable bonds is 6. The van der Waals surface area contributed by atoms with Gasteiger partial charge in [0.25, 0.3) is 0 Å². The van der Waals surface area contributed by atoms with Crippen LogP contribution in [0.1, 0.15) is 86.3 Å². The molecule has 1 N–H and O–H groups in total. The zero-order valence-electron chi connectivity index (χ0n) is 38.1. The van der Waals surface area contributed by atoms with E-state index in [0.29, 0.717) is 17.0 Å². The van der Waals surface area contributed by atoms with Gasteiger partial charge in [0.05, 0.1) is 22.3 Å². The maximum Gasteiger partial charge on any atom is 0.148 e. The van der Waals surface area contributed by atoms with Gasteiger partial charge >= 0.3 is 0 Å². The molecule has 0 bridgehead atoms. The summed E-state index contributed by atoms with van der Waals surface area (Å²) in [5, 5.41) is 11.9. The Balaban J connectivity index is 0.00000544. The van der Waals surface area contributed by atoms with Crippen LogP contribution in [0.25, 0.3) is 72.7 Å². The van der Waals surface area contributed by atoms with E-state index in [0.717, 1.165) is 92.6 Å². The molecule has 0 fully saturated rings. The van der Waals surface area contributed by atoms with E-state index in [9.17, 15) is 5.11 Å². The molecule has 0 amide bonds. The molecule has 8 aromatic rings. The zero-order chi connectivity index (χ0) is 43.6. The predicted molar refractivity (Wildman–Crippen MR) is 245 cm³/mol. The van der Waals surface area contributed by atoms with E-state index >= 15 is 0 Å². The number of phenolic OH excluding ortho intramolecular Hbond substituents is 1. The molecule has 4 nitrogen and oxygen atoms in total. The normalized spacial score (nSPS) is 13.9. The minimum Gasteiger partial charge on any atom is -0.507 e. The quantitative estimate of drug-likeness (QED) is 0.169. The molecule has 5 heteroatoms. The summed E-state index contributed by atoms with van der Waals surface area (Å²) in [5.74, 6) is 0.920. The minimum atomic E-state index is -2.16. The van der Waals surface area contributed by atoms with Crippen LogP contribution in [0.15, 0.2) is 134 Å². The van der Waals surface area contributed by atoms with Crippen LogP contribution < -0.4 is 0 Å². The predicted octanol–water partition coefficient (Wildman–Crippen LogP) is 14.0. The number of aryl methyl sites for hydroxylation is 3. The van der Waals surface area contributed by atoms with Crippen molar-refractivity contribution in [2.45, 2.75) is 84.9 Å². The molecule has 60 heavy (non-hydrogen) atoms. The van der Waals surface area contributed by atoms with E-state index in [1.165, 1.54) is 16.7 Å². The first kappa shape index (κ1) is 37.4. The van der Waals surface area contributed by atoms with Crippen molar-refractivity contribution >= 4 is 11.0 Å². The summed E-state index contributed by atoms with van der Waals surface area (Å²) in [5.41, 5.74) is 15.8. The van der Waals surface area contributed by atoms with Gasteiger partial charge in [-0.25, -0.2) is 4.98 Å². The second-order valence-electron chi connectivity index (χ2n) is 18.1. The minimum absolute atomic E-state index is 0. The summed E-state index contributed by atoms with van der Waals surface area (Å²) in [6, 6.07) is 47.0. The number of aromatic nitrogens is 3. The number of hydrogen-bond donors (Lipinski definition) is 1. The maximum atomic E-state index is 11.9. The smallest absolute Gasteiger partial charge is 0.148 e. The Kier molecular flexibility index (Phi) is 10.1. The molecule has 2 heterocycles. The molecule has 9 rings (SSSR count). The molecule has 0 unspecified atom stereocenters. The van der Waals surface area contributed by atoms with Crippen LogP contribution in [0.5, 0.6) is 5.75 Å². The standard InChI is InChI=1S/C55H52N3O.Pt/c1-35-20-22-36(23-21-35)40-26-27-56-48(32-40)42-28-41(29-44(30-42)55(5,6)7)45-18-13-19-50-52(45)57-53(47-31-38-16-11-12-17-39(38)33-51(47)59)58(50)49-25-24-43(54(2,3)4)34-46(49)37-14-9-8-10-15-37;/h8-10,13-15,18-27,29-34,59H,11-12,16-17H2,1-7H3;/q-1;/i1D3;. The number of benzene rings is 6. The average molecular weight is 969 g/mol. The zero-order valence-corrected chi connectivity index (χ0v) is 37.4. The molecule has 0 radical (unpaired) electrons. The van der Waals surface area contributed by atoms with Crippen molar-refractivity contribution in [3.8, 4) is 67.5 Å².